The Balaban J connectivity index is 1.86. The summed E-state index contributed by atoms with van der Waals surface area (Å²) in [4.78, 5) is 0. The largest absolute Gasteiger partial charge is 0.504 e. The van der Waals surface area contributed by atoms with Gasteiger partial charge in [-0.3, -0.25) is 0 Å². The quantitative estimate of drug-likeness (QED) is 0.687. The highest BCUT2D eigenvalue weighted by Gasteiger charge is 2.12. The fourth-order valence-electron chi connectivity index (χ4n) is 2.25. The number of nitrogens with one attached hydrogen (secondary N) is 1. The van der Waals surface area contributed by atoms with Gasteiger partial charge in [0.25, 0.3) is 0 Å². The van der Waals surface area contributed by atoms with E-state index in [9.17, 15) is 10.2 Å². The van der Waals surface area contributed by atoms with Gasteiger partial charge in [-0.25, -0.2) is 0 Å². The first kappa shape index (κ1) is 11.3. The Morgan fingerprint density at radius 2 is 1.81 bits per heavy atom. The second kappa shape index (κ2) is 5.21. The molecular formula is C13H19NO2. The van der Waals surface area contributed by atoms with Gasteiger partial charge in [0.2, 0.25) is 0 Å². The lowest BCUT2D eigenvalue weighted by Crippen LogP contribution is -2.30. The topological polar surface area (TPSA) is 52.5 Å². The third-order valence-corrected chi connectivity index (χ3v) is 3.24. The van der Waals surface area contributed by atoms with Crippen LogP contribution in [-0.2, 0) is 6.54 Å². The molecule has 2 rings (SSSR count). The highest BCUT2D eigenvalue weighted by atomic mass is 16.3. The van der Waals surface area contributed by atoms with Crippen molar-refractivity contribution in [2.24, 2.45) is 0 Å². The Morgan fingerprint density at radius 3 is 2.50 bits per heavy atom. The van der Waals surface area contributed by atoms with Gasteiger partial charge in [-0.15, -0.1) is 0 Å². The Hall–Kier alpha value is -1.22. The van der Waals surface area contributed by atoms with E-state index in [1.165, 1.54) is 38.2 Å². The van der Waals surface area contributed by atoms with Crippen LogP contribution in [0.1, 0.15) is 37.7 Å². The average molecular weight is 221 g/mol. The minimum atomic E-state index is -0.0542. The van der Waals surface area contributed by atoms with Crippen molar-refractivity contribution in [1.82, 2.24) is 5.32 Å². The second-order valence-corrected chi connectivity index (χ2v) is 4.54. The van der Waals surface area contributed by atoms with Gasteiger partial charge in [0.15, 0.2) is 11.5 Å². The summed E-state index contributed by atoms with van der Waals surface area (Å²) in [5, 5.41) is 22.0. The highest BCUT2D eigenvalue weighted by molar-refractivity contribution is 5.40. The molecule has 16 heavy (non-hydrogen) atoms. The molecule has 3 nitrogen and oxygen atoms in total. The molecule has 0 radical (unpaired) electrons. The lowest BCUT2D eigenvalue weighted by Gasteiger charge is -2.22. The second-order valence-electron chi connectivity index (χ2n) is 4.54. The van der Waals surface area contributed by atoms with Crippen LogP contribution < -0.4 is 5.32 Å². The smallest absolute Gasteiger partial charge is 0.157 e. The van der Waals surface area contributed by atoms with Crippen LogP contribution in [0.3, 0.4) is 0 Å². The molecule has 1 aliphatic rings. The predicted molar refractivity (Wildman–Crippen MR) is 63.5 cm³/mol. The van der Waals surface area contributed by atoms with Crippen molar-refractivity contribution in [2.75, 3.05) is 0 Å². The van der Waals surface area contributed by atoms with E-state index in [4.69, 9.17) is 0 Å². The first-order chi connectivity index (χ1) is 7.75. The number of hydrogen-bond donors (Lipinski definition) is 3. The summed E-state index contributed by atoms with van der Waals surface area (Å²) < 4.78 is 0. The molecule has 0 spiro atoms. The molecule has 0 atom stereocenters. The molecule has 1 fully saturated rings. The lowest BCUT2D eigenvalue weighted by molar-refractivity contribution is 0.371. The van der Waals surface area contributed by atoms with Crippen molar-refractivity contribution in [3.8, 4) is 11.5 Å². The molecule has 3 heteroatoms. The van der Waals surface area contributed by atoms with Crippen LogP contribution in [-0.4, -0.2) is 16.3 Å². The first-order valence-electron chi connectivity index (χ1n) is 6.00. The molecule has 1 aliphatic carbocycles. The van der Waals surface area contributed by atoms with E-state index < -0.39 is 0 Å². The standard InChI is InChI=1S/C13H19NO2/c15-12-7-6-10(8-13(12)16)9-14-11-4-2-1-3-5-11/h6-8,11,14-16H,1-5,9H2. The molecule has 0 amide bonds. The van der Waals surface area contributed by atoms with E-state index in [-0.39, 0.29) is 11.5 Å². The Morgan fingerprint density at radius 1 is 1.06 bits per heavy atom. The zero-order valence-electron chi connectivity index (χ0n) is 9.45. The fraction of sp³-hybridized carbons (Fsp3) is 0.538. The zero-order chi connectivity index (χ0) is 11.4. The van der Waals surface area contributed by atoms with E-state index in [1.54, 1.807) is 6.07 Å². The average Bonchev–Trinajstić information content (AvgIpc) is 2.32. The van der Waals surface area contributed by atoms with Crippen molar-refractivity contribution in [2.45, 2.75) is 44.7 Å². The summed E-state index contributed by atoms with van der Waals surface area (Å²) in [6.45, 7) is 0.762. The summed E-state index contributed by atoms with van der Waals surface area (Å²) >= 11 is 0. The number of hydrogen-bond acceptors (Lipinski definition) is 3. The highest BCUT2D eigenvalue weighted by Crippen LogP contribution is 2.25. The van der Waals surface area contributed by atoms with Crippen LogP contribution in [0.25, 0.3) is 0 Å². The maximum Gasteiger partial charge on any atom is 0.157 e. The molecular weight excluding hydrogens is 202 g/mol. The van der Waals surface area contributed by atoms with Crippen molar-refractivity contribution in [1.29, 1.82) is 0 Å². The number of benzene rings is 1. The maximum absolute atomic E-state index is 9.36. The van der Waals surface area contributed by atoms with Gasteiger partial charge in [-0.2, -0.15) is 0 Å². The molecule has 0 bridgehead atoms. The third-order valence-electron chi connectivity index (χ3n) is 3.24. The number of phenols is 2. The van der Waals surface area contributed by atoms with Gasteiger partial charge < -0.3 is 15.5 Å². The van der Waals surface area contributed by atoms with Crippen molar-refractivity contribution < 1.29 is 10.2 Å². The predicted octanol–water partition coefficient (Wildman–Crippen LogP) is 2.52. The molecule has 0 aliphatic heterocycles. The van der Waals surface area contributed by atoms with Gasteiger partial charge in [0.05, 0.1) is 0 Å². The fourth-order valence-corrected chi connectivity index (χ4v) is 2.25. The third kappa shape index (κ3) is 2.89. The molecule has 0 heterocycles. The molecule has 0 saturated heterocycles. The van der Waals surface area contributed by atoms with Crippen LogP contribution >= 0.6 is 0 Å². The van der Waals surface area contributed by atoms with E-state index in [0.717, 1.165) is 12.1 Å². The van der Waals surface area contributed by atoms with Crippen LogP contribution in [0.4, 0.5) is 0 Å². The summed E-state index contributed by atoms with van der Waals surface area (Å²) in [5.41, 5.74) is 1.01. The van der Waals surface area contributed by atoms with Gasteiger partial charge in [0, 0.05) is 12.6 Å². The van der Waals surface area contributed by atoms with Crippen molar-refractivity contribution >= 4 is 0 Å². The molecule has 1 aromatic rings. The van der Waals surface area contributed by atoms with Crippen molar-refractivity contribution in [3.05, 3.63) is 23.8 Å². The minimum absolute atomic E-state index is 0.0389. The van der Waals surface area contributed by atoms with E-state index >= 15 is 0 Å². The first-order valence-corrected chi connectivity index (χ1v) is 6.00. The van der Waals surface area contributed by atoms with Crippen molar-refractivity contribution in [3.63, 3.8) is 0 Å². The van der Waals surface area contributed by atoms with Crippen LogP contribution in [0.5, 0.6) is 11.5 Å². The number of phenolic OH excluding ortho intramolecular Hbond substituents is 2. The molecule has 1 saturated carbocycles. The van der Waals surface area contributed by atoms with E-state index in [1.807, 2.05) is 6.07 Å². The summed E-state index contributed by atoms with van der Waals surface area (Å²) in [6.07, 6.45) is 6.50. The van der Waals surface area contributed by atoms with Gasteiger partial charge in [-0.05, 0) is 30.5 Å². The van der Waals surface area contributed by atoms with Gasteiger partial charge in [0.1, 0.15) is 0 Å². The Kier molecular flexibility index (Phi) is 3.67. The summed E-state index contributed by atoms with van der Waals surface area (Å²) in [6, 6.07) is 5.60. The Bertz CT molecular complexity index is 346. The molecule has 1 aromatic carbocycles. The molecule has 3 N–H and O–H groups in total. The van der Waals surface area contributed by atoms with E-state index in [2.05, 4.69) is 5.32 Å². The van der Waals surface area contributed by atoms with E-state index in [0.29, 0.717) is 6.04 Å². The zero-order valence-corrected chi connectivity index (χ0v) is 9.45. The number of rotatable bonds is 3. The van der Waals surface area contributed by atoms with Gasteiger partial charge >= 0.3 is 0 Å². The number of aromatic hydroxyl groups is 2. The molecule has 0 unspecified atom stereocenters. The maximum atomic E-state index is 9.36. The molecule has 88 valence electrons. The normalized spacial score (nSPS) is 17.5. The Labute approximate surface area is 96.1 Å². The lowest BCUT2D eigenvalue weighted by atomic mass is 9.95. The SMILES string of the molecule is Oc1ccc(CNC2CCCCC2)cc1O. The van der Waals surface area contributed by atoms with Crippen LogP contribution in [0.15, 0.2) is 18.2 Å². The monoisotopic (exact) mass is 221 g/mol. The van der Waals surface area contributed by atoms with Crippen LogP contribution in [0, 0.1) is 0 Å². The van der Waals surface area contributed by atoms with Gasteiger partial charge in [-0.1, -0.05) is 25.3 Å². The summed E-state index contributed by atoms with van der Waals surface area (Å²) in [5.74, 6) is -0.0932. The van der Waals surface area contributed by atoms with Crippen LogP contribution in [0.2, 0.25) is 0 Å². The summed E-state index contributed by atoms with van der Waals surface area (Å²) in [7, 11) is 0. The minimum Gasteiger partial charge on any atom is -0.504 e. The molecule has 0 aromatic heterocycles.